The van der Waals surface area contributed by atoms with E-state index in [2.05, 4.69) is 55.5 Å². The van der Waals surface area contributed by atoms with E-state index in [1.54, 1.807) is 151 Å². The number of ether oxygens (including phenoxy) is 8. The molecular formula is C81H108F6N16O17. The fourth-order valence-corrected chi connectivity index (χ4v) is 12.7. The predicted octanol–water partition coefficient (Wildman–Crippen LogP) is 14.8. The van der Waals surface area contributed by atoms with Crippen molar-refractivity contribution in [3.8, 4) is 34.0 Å². The quantitative estimate of drug-likeness (QED) is 0.0364. The van der Waals surface area contributed by atoms with Gasteiger partial charge in [-0.2, -0.15) is 9.80 Å². The van der Waals surface area contributed by atoms with Crippen LogP contribution >= 0.6 is 0 Å². The number of nitrogens with zero attached hydrogens (tertiary/aromatic N) is 13. The molecule has 2 aromatic carbocycles. The number of aliphatic hydroxyl groups excluding tert-OH is 3. The Morgan fingerprint density at radius 2 is 0.917 bits per heavy atom. The Balaban J connectivity index is 0.000000275. The SMILES string of the molecule is C.CC(C)(C)OC(=O)N(C(=O)OC(C)(C)C)c1ncnc2nc[nH]c12.COc1cc(F)ccc1-c1cc(CO)c(N2CCCC(NC(=O)OC(C)(C)C)(C(O)C(F)F)C2)cn1.COc1cc(F)ccc1-c1cc(Cn2cnc3c(N(C(=O)OC(C)(C)C)C(=O)OC(C)(C)C)ncnc32)c(N2CCCC(NC(=O)OC(C)(C)C)(C(O)C(F)F)C2)cn1. The number of aliphatic hydroxyl groups is 3. The minimum absolute atomic E-state index is 0. The molecule has 2 aliphatic heterocycles. The van der Waals surface area contributed by atoms with Crippen molar-refractivity contribution >= 4 is 81.9 Å². The molecule has 0 spiro atoms. The minimum atomic E-state index is -3.21. The van der Waals surface area contributed by atoms with Crippen LogP contribution in [-0.4, -0.2) is 211 Å². The van der Waals surface area contributed by atoms with Crippen LogP contribution in [0.1, 0.15) is 169 Å². The highest BCUT2D eigenvalue weighted by Crippen LogP contribution is 2.40. The van der Waals surface area contributed by atoms with E-state index in [4.69, 9.17) is 37.9 Å². The van der Waals surface area contributed by atoms with Gasteiger partial charge in [0.05, 0.1) is 86.3 Å². The van der Waals surface area contributed by atoms with E-state index in [1.807, 2.05) is 0 Å². The molecule has 2 fully saturated rings. The lowest BCUT2D eigenvalue weighted by atomic mass is 9.83. The van der Waals surface area contributed by atoms with E-state index in [1.165, 1.54) is 82.0 Å². The van der Waals surface area contributed by atoms with Crippen LogP contribution in [0.4, 0.5) is 78.1 Å². The van der Waals surface area contributed by atoms with E-state index in [0.717, 1.165) is 11.2 Å². The number of carbonyl (C=O) groups is 6. The number of alkyl halides is 4. The number of imidazole rings is 2. The fourth-order valence-electron chi connectivity index (χ4n) is 12.7. The molecule has 0 aliphatic carbocycles. The lowest BCUT2D eigenvalue weighted by molar-refractivity contribution is -0.0666. The highest BCUT2D eigenvalue weighted by Gasteiger charge is 2.50. The summed E-state index contributed by atoms with van der Waals surface area (Å²) < 4.78 is 129. The number of benzene rings is 2. The van der Waals surface area contributed by atoms with Gasteiger partial charge in [-0.1, -0.05) is 7.43 Å². The highest BCUT2D eigenvalue weighted by molar-refractivity contribution is 6.13. The summed E-state index contributed by atoms with van der Waals surface area (Å²) >= 11 is 0. The number of pyridine rings is 2. The van der Waals surface area contributed by atoms with Crippen LogP contribution in [0.5, 0.6) is 11.5 Å². The molecule has 2 saturated heterocycles. The van der Waals surface area contributed by atoms with E-state index >= 15 is 0 Å². The number of rotatable bonds is 17. The first-order valence-corrected chi connectivity index (χ1v) is 37.8. The Hall–Kier alpha value is -11.5. The van der Waals surface area contributed by atoms with Crippen molar-refractivity contribution < 1.29 is 108 Å². The number of amides is 6. The summed E-state index contributed by atoms with van der Waals surface area (Å²) in [4.78, 5) is 120. The van der Waals surface area contributed by atoms with Gasteiger partial charge in [-0.05, 0) is 192 Å². The van der Waals surface area contributed by atoms with Crippen LogP contribution in [0.25, 0.3) is 44.8 Å². The van der Waals surface area contributed by atoms with Gasteiger partial charge in [-0.3, -0.25) is 9.97 Å². The van der Waals surface area contributed by atoms with Crippen LogP contribution in [-0.2, 0) is 41.6 Å². The summed E-state index contributed by atoms with van der Waals surface area (Å²) in [6.07, 6.45) is -7.61. The molecule has 0 saturated carbocycles. The molecule has 33 nitrogen and oxygen atoms in total. The number of H-pyrrole nitrogens is 1. The first kappa shape index (κ1) is 95.7. The molecule has 2 aliphatic rings. The zero-order chi connectivity index (χ0) is 88.5. The molecule has 6 aromatic heterocycles. The summed E-state index contributed by atoms with van der Waals surface area (Å²) in [6, 6.07) is 11.3. The summed E-state index contributed by atoms with van der Waals surface area (Å²) in [5.41, 5.74) is -4.45. The van der Waals surface area contributed by atoms with Gasteiger partial charge in [0.15, 0.2) is 28.4 Å². The Kier molecular flexibility index (Phi) is 30.5. The number of alkyl carbamates (subject to hydrolysis) is 2. The molecule has 0 bridgehead atoms. The van der Waals surface area contributed by atoms with Gasteiger partial charge < -0.3 is 83.2 Å². The molecule has 39 heteroatoms. The summed E-state index contributed by atoms with van der Waals surface area (Å²) in [6.45, 7) is 29.8. The molecule has 0 radical (unpaired) electrons. The van der Waals surface area contributed by atoms with Crippen molar-refractivity contribution in [2.24, 2.45) is 0 Å². The van der Waals surface area contributed by atoms with Crippen molar-refractivity contribution in [1.29, 1.82) is 0 Å². The zero-order valence-electron chi connectivity index (χ0n) is 70.1. The average molecular weight is 1690 g/mol. The minimum Gasteiger partial charge on any atom is -0.496 e. The van der Waals surface area contributed by atoms with Crippen LogP contribution in [0.3, 0.4) is 0 Å². The van der Waals surface area contributed by atoms with Gasteiger partial charge in [0.1, 0.15) is 87.1 Å². The van der Waals surface area contributed by atoms with Crippen molar-refractivity contribution in [3.63, 3.8) is 0 Å². The Labute approximate surface area is 691 Å². The monoisotopic (exact) mass is 1690 g/mol. The second-order valence-electron chi connectivity index (χ2n) is 34.1. The van der Waals surface area contributed by atoms with Crippen molar-refractivity contribution in [3.05, 3.63) is 109 Å². The lowest BCUT2D eigenvalue weighted by Gasteiger charge is -2.46. The third kappa shape index (κ3) is 25.1. The average Bonchev–Trinajstić information content (AvgIpc) is 1.38. The third-order valence-corrected chi connectivity index (χ3v) is 17.5. The predicted molar refractivity (Wildman–Crippen MR) is 432 cm³/mol. The number of methoxy groups -OCH3 is 2. The number of imide groups is 2. The maximum Gasteiger partial charge on any atom is 0.425 e. The van der Waals surface area contributed by atoms with Crippen LogP contribution in [0.15, 0.2) is 86.2 Å². The number of aromatic nitrogens is 10. The number of nitrogens with one attached hydrogen (secondary N) is 3. The van der Waals surface area contributed by atoms with E-state index in [9.17, 15) is 70.4 Å². The molecule has 120 heavy (non-hydrogen) atoms. The number of carbonyl (C=O) groups excluding carboxylic acids is 6. The Morgan fingerprint density at radius 3 is 1.32 bits per heavy atom. The number of hydrogen-bond donors (Lipinski definition) is 6. The van der Waals surface area contributed by atoms with Crippen molar-refractivity contribution in [1.82, 2.24) is 60.1 Å². The normalized spacial score (nSPS) is 16.4. The third-order valence-electron chi connectivity index (χ3n) is 17.5. The topological polar surface area (TPSA) is 398 Å². The maximum atomic E-state index is 14.4. The molecular weight excluding hydrogens is 1580 g/mol. The number of fused-ring (bicyclic) bond motifs is 2. The number of halogens is 6. The number of aromatic amines is 1. The van der Waals surface area contributed by atoms with Gasteiger partial charge in [0, 0.05) is 55.0 Å². The van der Waals surface area contributed by atoms with E-state index < -0.39 is 125 Å². The molecule has 8 heterocycles. The molecule has 8 aromatic rings. The van der Waals surface area contributed by atoms with Gasteiger partial charge in [-0.15, -0.1) is 0 Å². The van der Waals surface area contributed by atoms with Gasteiger partial charge in [0.25, 0.3) is 12.9 Å². The molecule has 6 N–H and O–H groups in total. The summed E-state index contributed by atoms with van der Waals surface area (Å²) in [7, 11) is 2.79. The van der Waals surface area contributed by atoms with Crippen LogP contribution < -0.4 is 39.7 Å². The fraction of sp³-hybridized carbons (Fsp3) is 0.531. The first-order chi connectivity index (χ1) is 55.3. The van der Waals surface area contributed by atoms with Gasteiger partial charge >= 0.3 is 36.6 Å². The Bertz CT molecular complexity index is 4870. The summed E-state index contributed by atoms with van der Waals surface area (Å²) in [5.74, 6) is -0.744. The molecule has 10 rings (SSSR count). The van der Waals surface area contributed by atoms with Crippen LogP contribution in [0.2, 0.25) is 0 Å². The molecule has 656 valence electrons. The van der Waals surface area contributed by atoms with E-state index in [0.29, 0.717) is 80.6 Å². The number of piperidine rings is 2. The first-order valence-electron chi connectivity index (χ1n) is 37.8. The largest absolute Gasteiger partial charge is 0.496 e. The van der Waals surface area contributed by atoms with E-state index in [-0.39, 0.29) is 80.6 Å². The number of hydrogen-bond acceptors (Lipinski definition) is 27. The number of anilines is 4. The van der Waals surface area contributed by atoms with Crippen molar-refractivity contribution in [2.45, 2.75) is 241 Å². The second kappa shape index (κ2) is 38.3. The lowest BCUT2D eigenvalue weighted by Crippen LogP contribution is -2.67. The van der Waals surface area contributed by atoms with Crippen molar-refractivity contribution in [2.75, 3.05) is 60.0 Å². The molecule has 4 atom stereocenters. The van der Waals surface area contributed by atoms with Crippen LogP contribution in [0, 0.1) is 11.6 Å². The second-order valence-corrected chi connectivity index (χ2v) is 34.1. The standard InChI is InChI=1S/C40H51F3N8O8.C25H32F3N3O5.C15H21N5O4.CH4/c1-37(2,3)57-34(53)48-40(30(52)31(42)43)14-11-15-49(20-40)27-18-44-26(25-13-12-24(41)17-28(25)56-10)16-23(27)19-50-22-47-29-32(50)45-21-46-33(29)51(35(54)58-38(4,5)6)36(55)59-39(7,8)9;1-24(2,3)36-23(34)30-25(21(33)22(27)28)8-5-9-31(14-25)19-12-29-18(10-15(19)13-32)17-7-6-16(26)11-20(17)35-4;1-14(2,3)23-12(21)20(13(22)24-15(4,5)6)11-9-10(17-7-16-9)18-8-19-11;/h12-13,16-18,21-22,30-31,52H,11,14-15,19-20H2,1-10H3,(H,48,53);6-7,10-12,21-22,32-33H,5,8-9,13-14H2,1-4H3,(H,30,34);7-8H,1-6H3,(H,16,17,18,19);1H4. The Morgan fingerprint density at radius 1 is 0.525 bits per heavy atom. The van der Waals surface area contributed by atoms with Gasteiger partial charge in [0.2, 0.25) is 0 Å². The maximum absolute atomic E-state index is 14.4. The smallest absolute Gasteiger partial charge is 0.425 e. The molecule has 6 amide bonds. The van der Waals surface area contributed by atoms with Gasteiger partial charge in [-0.25, -0.2) is 85.0 Å². The highest BCUT2D eigenvalue weighted by atomic mass is 19.3. The zero-order valence-corrected chi connectivity index (χ0v) is 70.1. The molecule has 4 unspecified atom stereocenters. The summed E-state index contributed by atoms with van der Waals surface area (Å²) in [5, 5.41) is 36.6.